The molecule has 2 aromatic rings. The number of carbonyl (C=O) groups is 1. The van der Waals surface area contributed by atoms with Gasteiger partial charge in [0.25, 0.3) is 0 Å². The Labute approximate surface area is 198 Å². The normalized spacial score (nSPS) is 14.3. The lowest BCUT2D eigenvalue weighted by molar-refractivity contribution is -0.640. The Bertz CT molecular complexity index is 1060. The first-order valence-electron chi connectivity index (χ1n) is 10.1. The molecule has 1 aromatic carbocycles. The molecule has 0 unspecified atom stereocenters. The molecule has 2 heterocycles. The zero-order valence-corrected chi connectivity index (χ0v) is 21.6. The van der Waals surface area contributed by atoms with Gasteiger partial charge in [0, 0.05) is 24.6 Å². The fraction of sp³-hybridized carbons (Fsp3) is 0.455. The number of nitrogens with two attached hydrogens (primary N) is 1. The van der Waals surface area contributed by atoms with Crippen molar-refractivity contribution < 1.29 is 27.2 Å². The molecule has 0 spiro atoms. The highest BCUT2D eigenvalue weighted by molar-refractivity contribution is 9.10. The van der Waals surface area contributed by atoms with Gasteiger partial charge in [0.15, 0.2) is 0 Å². The van der Waals surface area contributed by atoms with Crippen LogP contribution >= 0.6 is 15.9 Å². The minimum Gasteiger partial charge on any atom is -0.744 e. The Morgan fingerprint density at radius 2 is 1.69 bits per heavy atom. The van der Waals surface area contributed by atoms with Crippen molar-refractivity contribution in [3.63, 3.8) is 0 Å². The summed E-state index contributed by atoms with van der Waals surface area (Å²) < 4.78 is 40.3. The Morgan fingerprint density at radius 3 is 2.12 bits per heavy atom. The van der Waals surface area contributed by atoms with Crippen LogP contribution in [0.1, 0.15) is 48.9 Å². The summed E-state index contributed by atoms with van der Waals surface area (Å²) in [4.78, 5) is 13.4. The molecule has 10 heteroatoms. The van der Waals surface area contributed by atoms with Crippen molar-refractivity contribution in [3.8, 4) is 0 Å². The predicted molar refractivity (Wildman–Crippen MR) is 124 cm³/mol. The van der Waals surface area contributed by atoms with Crippen LogP contribution in [0.3, 0.4) is 0 Å². The van der Waals surface area contributed by atoms with E-state index in [1.807, 2.05) is 40.0 Å². The number of aromatic nitrogens is 1. The molecule has 0 bridgehead atoms. The van der Waals surface area contributed by atoms with Gasteiger partial charge < -0.3 is 14.2 Å². The first-order valence-corrected chi connectivity index (χ1v) is 12.3. The topological polar surface area (TPSA) is 117 Å². The number of rotatable bonds is 2. The standard InChI is InChI=1S/C13H19BrN3O2.C9H12O3S/c1-13(2,3)19-12(18)16-5-10(6-16)9-4-11(14)8-17(15)7-9;1-6-4-7(2)9(8(3)5-6)13(10,11)12/h4,7-8,10H,5-6,15H2,1-3H3;4-5H,1-3H3,(H,10,11,12)/q+1;/p-1. The number of aryl methyl sites for hydroxylation is 3. The Balaban J connectivity index is 0.000000244. The SMILES string of the molecule is CC(C)(C)OC(=O)N1CC(c2cc(Br)c[n+](N)c2)C1.Cc1cc(C)c(S(=O)(=O)[O-])c(C)c1. The fourth-order valence-corrected chi connectivity index (χ4v) is 4.94. The van der Waals surface area contributed by atoms with Gasteiger partial charge in [-0.05, 0) is 74.7 Å². The molecule has 2 N–H and O–H groups in total. The molecule has 0 aliphatic carbocycles. The number of halogens is 1. The maximum atomic E-state index is 11.8. The molecule has 1 amide bonds. The summed E-state index contributed by atoms with van der Waals surface area (Å²) in [6.45, 7) is 12.1. The van der Waals surface area contributed by atoms with Crippen molar-refractivity contribution in [1.29, 1.82) is 0 Å². The van der Waals surface area contributed by atoms with Gasteiger partial charge in [0.2, 0.25) is 12.4 Å². The fourth-order valence-electron chi connectivity index (χ4n) is 3.53. The highest BCUT2D eigenvalue weighted by Gasteiger charge is 2.35. The van der Waals surface area contributed by atoms with Crippen molar-refractivity contribution in [2.45, 2.75) is 58.0 Å². The largest absolute Gasteiger partial charge is 0.744 e. The molecule has 32 heavy (non-hydrogen) atoms. The zero-order valence-electron chi connectivity index (χ0n) is 19.2. The van der Waals surface area contributed by atoms with E-state index in [0.29, 0.717) is 30.1 Å². The van der Waals surface area contributed by atoms with Crippen LogP contribution in [-0.4, -0.2) is 42.7 Å². The maximum Gasteiger partial charge on any atom is 0.410 e. The number of pyridine rings is 1. The molecule has 1 aliphatic rings. The number of carbonyl (C=O) groups excluding carboxylic acids is 1. The van der Waals surface area contributed by atoms with Gasteiger partial charge in [-0.2, -0.15) is 0 Å². The molecular formula is C22H30BrN3O5S. The van der Waals surface area contributed by atoms with E-state index < -0.39 is 15.7 Å². The summed E-state index contributed by atoms with van der Waals surface area (Å²) in [5.74, 6) is 6.05. The highest BCUT2D eigenvalue weighted by atomic mass is 79.9. The molecule has 176 valence electrons. The van der Waals surface area contributed by atoms with Crippen LogP contribution in [0.4, 0.5) is 4.79 Å². The number of ether oxygens (including phenoxy) is 1. The van der Waals surface area contributed by atoms with E-state index in [-0.39, 0.29) is 11.0 Å². The third kappa shape index (κ3) is 7.18. The third-order valence-corrected chi connectivity index (χ3v) is 6.31. The quantitative estimate of drug-likeness (QED) is 0.363. The van der Waals surface area contributed by atoms with Crippen molar-refractivity contribution in [3.05, 3.63) is 57.3 Å². The zero-order chi connectivity index (χ0) is 24.4. The number of nitrogen functional groups attached to an aromatic ring is 1. The van der Waals surface area contributed by atoms with Crippen LogP contribution in [0.5, 0.6) is 0 Å². The summed E-state index contributed by atoms with van der Waals surface area (Å²) in [6.07, 6.45) is 3.41. The van der Waals surface area contributed by atoms with E-state index in [1.54, 1.807) is 37.1 Å². The monoisotopic (exact) mass is 527 g/mol. The molecule has 0 atom stereocenters. The highest BCUT2D eigenvalue weighted by Crippen LogP contribution is 2.29. The van der Waals surface area contributed by atoms with Crippen LogP contribution in [0.2, 0.25) is 0 Å². The van der Waals surface area contributed by atoms with Crippen molar-refractivity contribution >= 4 is 32.1 Å². The molecule has 1 aliphatic heterocycles. The Hall–Kier alpha value is -2.17. The van der Waals surface area contributed by atoms with Gasteiger partial charge >= 0.3 is 6.09 Å². The van der Waals surface area contributed by atoms with Crippen molar-refractivity contribution in [1.82, 2.24) is 4.90 Å². The van der Waals surface area contributed by atoms with Crippen molar-refractivity contribution in [2.24, 2.45) is 0 Å². The smallest absolute Gasteiger partial charge is 0.410 e. The second kappa shape index (κ2) is 9.76. The average Bonchev–Trinajstić information content (AvgIpc) is 2.48. The summed E-state index contributed by atoms with van der Waals surface area (Å²) in [7, 11) is -4.33. The van der Waals surface area contributed by atoms with Crippen LogP contribution in [0.25, 0.3) is 0 Å². The minimum atomic E-state index is -4.33. The molecule has 8 nitrogen and oxygen atoms in total. The van der Waals surface area contributed by atoms with Gasteiger partial charge in [-0.1, -0.05) is 22.4 Å². The summed E-state index contributed by atoms with van der Waals surface area (Å²) in [6, 6.07) is 5.41. The van der Waals surface area contributed by atoms with Gasteiger partial charge in [0.1, 0.15) is 15.7 Å². The minimum absolute atomic E-state index is 0.0851. The second-order valence-electron chi connectivity index (χ2n) is 9.00. The molecule has 0 radical (unpaired) electrons. The second-order valence-corrected chi connectivity index (χ2v) is 11.2. The number of nitrogens with zero attached hydrogens (tertiary/aromatic N) is 2. The van der Waals surface area contributed by atoms with E-state index in [0.717, 1.165) is 15.6 Å². The number of benzene rings is 1. The lowest BCUT2D eigenvalue weighted by atomic mass is 9.93. The van der Waals surface area contributed by atoms with Gasteiger partial charge in [-0.15, -0.1) is 0 Å². The molecule has 3 rings (SSSR count). The molecular weight excluding hydrogens is 498 g/mol. The van der Waals surface area contributed by atoms with Gasteiger partial charge in [-0.3, -0.25) is 0 Å². The van der Waals surface area contributed by atoms with Crippen LogP contribution in [0, 0.1) is 20.8 Å². The molecule has 0 saturated carbocycles. The lowest BCUT2D eigenvalue weighted by Gasteiger charge is -2.39. The number of hydrogen-bond acceptors (Lipinski definition) is 6. The Kier molecular flexibility index (Phi) is 7.96. The predicted octanol–water partition coefficient (Wildman–Crippen LogP) is 3.30. The summed E-state index contributed by atoms with van der Waals surface area (Å²) >= 11 is 3.41. The average molecular weight is 528 g/mol. The van der Waals surface area contributed by atoms with E-state index in [4.69, 9.17) is 10.6 Å². The first-order chi connectivity index (χ1) is 14.6. The van der Waals surface area contributed by atoms with Gasteiger partial charge in [0.05, 0.1) is 9.37 Å². The van der Waals surface area contributed by atoms with E-state index in [9.17, 15) is 17.8 Å². The Morgan fingerprint density at radius 1 is 1.16 bits per heavy atom. The van der Waals surface area contributed by atoms with E-state index >= 15 is 0 Å². The molecule has 1 fully saturated rings. The molecule has 1 aromatic heterocycles. The number of likely N-dealkylation sites (tertiary alicyclic amines) is 1. The van der Waals surface area contributed by atoms with E-state index in [2.05, 4.69) is 15.9 Å². The van der Waals surface area contributed by atoms with Crippen LogP contribution in [-0.2, 0) is 14.9 Å². The third-order valence-electron chi connectivity index (χ3n) is 4.73. The van der Waals surface area contributed by atoms with Crippen LogP contribution in [0.15, 0.2) is 40.0 Å². The first kappa shape index (κ1) is 26.1. The summed E-state index contributed by atoms with van der Waals surface area (Å²) in [5.41, 5.74) is 2.68. The van der Waals surface area contributed by atoms with Gasteiger partial charge in [-0.25, -0.2) is 19.1 Å². The van der Waals surface area contributed by atoms with Crippen LogP contribution < -0.4 is 10.5 Å². The number of hydrogen-bond donors (Lipinski definition) is 1. The lowest BCUT2D eigenvalue weighted by Crippen LogP contribution is -2.51. The summed E-state index contributed by atoms with van der Waals surface area (Å²) in [5, 5.41) is 0. The number of amides is 1. The van der Waals surface area contributed by atoms with E-state index in [1.165, 1.54) is 4.68 Å². The maximum absolute atomic E-state index is 11.8. The molecule has 1 saturated heterocycles. The van der Waals surface area contributed by atoms with Crippen molar-refractivity contribution in [2.75, 3.05) is 18.9 Å².